The van der Waals surface area contributed by atoms with E-state index in [0.717, 1.165) is 5.69 Å². The van der Waals surface area contributed by atoms with Crippen molar-refractivity contribution < 1.29 is 0 Å². The standard InChI is InChI=1S/C8H7NS/c9-7-2-1-6-3-4-10-8(6)5-7/h1-5H,9H2. The van der Waals surface area contributed by atoms with Crippen LogP contribution in [0.4, 0.5) is 5.69 Å². The van der Waals surface area contributed by atoms with Gasteiger partial charge in [-0.3, -0.25) is 0 Å². The Bertz CT molecular complexity index is 351. The smallest absolute Gasteiger partial charge is 0.0363 e. The van der Waals surface area contributed by atoms with Crippen LogP contribution in [0.15, 0.2) is 29.6 Å². The molecule has 1 heterocycles. The first-order valence-electron chi connectivity index (χ1n) is 3.09. The lowest BCUT2D eigenvalue weighted by molar-refractivity contribution is 1.79. The van der Waals surface area contributed by atoms with Crippen LogP contribution in [0, 0.1) is 0 Å². The van der Waals surface area contributed by atoms with Gasteiger partial charge in [-0.2, -0.15) is 0 Å². The fraction of sp³-hybridized carbons (Fsp3) is 0. The van der Waals surface area contributed by atoms with E-state index < -0.39 is 0 Å². The molecule has 1 aromatic carbocycles. The SMILES string of the molecule is Nc1ccc2ccsc2c1. The highest BCUT2D eigenvalue weighted by Crippen LogP contribution is 2.22. The van der Waals surface area contributed by atoms with Crippen LogP contribution in [-0.4, -0.2) is 0 Å². The number of fused-ring (bicyclic) bond motifs is 1. The number of thiophene rings is 1. The molecule has 2 N–H and O–H groups in total. The van der Waals surface area contributed by atoms with Crippen molar-refractivity contribution in [2.75, 3.05) is 5.73 Å². The highest BCUT2D eigenvalue weighted by Gasteiger charge is 1.92. The van der Waals surface area contributed by atoms with Gasteiger partial charge in [0.15, 0.2) is 0 Å². The van der Waals surface area contributed by atoms with Gasteiger partial charge in [0.2, 0.25) is 0 Å². The highest BCUT2D eigenvalue weighted by molar-refractivity contribution is 7.17. The molecule has 10 heavy (non-hydrogen) atoms. The number of benzene rings is 1. The summed E-state index contributed by atoms with van der Waals surface area (Å²) in [5, 5.41) is 3.35. The van der Waals surface area contributed by atoms with Crippen LogP contribution in [0.2, 0.25) is 0 Å². The third kappa shape index (κ3) is 0.772. The fourth-order valence-corrected chi connectivity index (χ4v) is 1.81. The number of nitrogen functional groups attached to an aromatic ring is 1. The van der Waals surface area contributed by atoms with E-state index in [2.05, 4.69) is 11.4 Å². The number of hydrogen-bond acceptors (Lipinski definition) is 2. The second-order valence-corrected chi connectivity index (χ2v) is 3.17. The van der Waals surface area contributed by atoms with E-state index in [1.54, 1.807) is 11.3 Å². The molecule has 0 fully saturated rings. The average Bonchev–Trinajstić information content (AvgIpc) is 2.33. The van der Waals surface area contributed by atoms with E-state index in [1.807, 2.05) is 18.2 Å². The monoisotopic (exact) mass is 149 g/mol. The minimum absolute atomic E-state index is 0.843. The van der Waals surface area contributed by atoms with Crippen molar-refractivity contribution in [3.05, 3.63) is 29.6 Å². The molecule has 0 saturated heterocycles. The highest BCUT2D eigenvalue weighted by atomic mass is 32.1. The Kier molecular flexibility index (Phi) is 1.14. The molecule has 2 rings (SSSR count). The predicted octanol–water partition coefficient (Wildman–Crippen LogP) is 2.48. The molecule has 0 amide bonds. The summed E-state index contributed by atoms with van der Waals surface area (Å²) < 4.78 is 1.26. The van der Waals surface area contributed by atoms with Crippen LogP contribution in [0.1, 0.15) is 0 Å². The summed E-state index contributed by atoms with van der Waals surface area (Å²) >= 11 is 1.72. The van der Waals surface area contributed by atoms with Crippen molar-refractivity contribution in [1.82, 2.24) is 0 Å². The maximum absolute atomic E-state index is 5.59. The van der Waals surface area contributed by atoms with Crippen molar-refractivity contribution >= 4 is 27.1 Å². The molecule has 0 aliphatic heterocycles. The van der Waals surface area contributed by atoms with Gasteiger partial charge in [-0.25, -0.2) is 0 Å². The molecule has 1 nitrogen and oxygen atoms in total. The second-order valence-electron chi connectivity index (χ2n) is 2.22. The van der Waals surface area contributed by atoms with Crippen molar-refractivity contribution in [2.24, 2.45) is 0 Å². The Morgan fingerprint density at radius 3 is 3.00 bits per heavy atom. The Balaban J connectivity index is 2.86. The Hall–Kier alpha value is -1.02. The van der Waals surface area contributed by atoms with Crippen LogP contribution in [0.3, 0.4) is 0 Å². The lowest BCUT2D eigenvalue weighted by Gasteiger charge is -1.90. The van der Waals surface area contributed by atoms with Crippen LogP contribution in [0.25, 0.3) is 10.1 Å². The molecule has 0 aliphatic rings. The zero-order chi connectivity index (χ0) is 6.97. The number of anilines is 1. The fourth-order valence-electron chi connectivity index (χ4n) is 0.971. The molecule has 0 saturated carbocycles. The summed E-state index contributed by atoms with van der Waals surface area (Å²) in [6.45, 7) is 0. The average molecular weight is 149 g/mol. The van der Waals surface area contributed by atoms with E-state index in [1.165, 1.54) is 10.1 Å². The van der Waals surface area contributed by atoms with Gasteiger partial charge in [-0.15, -0.1) is 11.3 Å². The van der Waals surface area contributed by atoms with Gasteiger partial charge in [0.25, 0.3) is 0 Å². The summed E-state index contributed by atoms with van der Waals surface area (Å²) in [7, 11) is 0. The van der Waals surface area contributed by atoms with Crippen LogP contribution in [0.5, 0.6) is 0 Å². The van der Waals surface area contributed by atoms with Gasteiger partial charge in [0.1, 0.15) is 0 Å². The maximum Gasteiger partial charge on any atom is 0.0363 e. The summed E-state index contributed by atoms with van der Waals surface area (Å²) in [6, 6.07) is 8.07. The van der Waals surface area contributed by atoms with Crippen molar-refractivity contribution in [3.8, 4) is 0 Å². The van der Waals surface area contributed by atoms with Crippen LogP contribution >= 0.6 is 11.3 Å². The van der Waals surface area contributed by atoms with E-state index in [9.17, 15) is 0 Å². The van der Waals surface area contributed by atoms with Gasteiger partial charge in [0.05, 0.1) is 0 Å². The molecule has 2 aromatic rings. The molecular weight excluding hydrogens is 142 g/mol. The summed E-state index contributed by atoms with van der Waals surface area (Å²) in [5.41, 5.74) is 6.43. The van der Waals surface area contributed by atoms with Gasteiger partial charge < -0.3 is 5.73 Å². The maximum atomic E-state index is 5.59. The topological polar surface area (TPSA) is 26.0 Å². The summed E-state index contributed by atoms with van der Waals surface area (Å²) in [5.74, 6) is 0. The molecule has 0 bridgehead atoms. The van der Waals surface area contributed by atoms with Gasteiger partial charge in [0, 0.05) is 10.4 Å². The van der Waals surface area contributed by atoms with Gasteiger partial charge in [-0.05, 0) is 29.0 Å². The van der Waals surface area contributed by atoms with Crippen LogP contribution in [-0.2, 0) is 0 Å². The second kappa shape index (κ2) is 1.99. The first kappa shape index (κ1) is 5.74. The predicted molar refractivity (Wildman–Crippen MR) is 46.2 cm³/mol. The van der Waals surface area contributed by atoms with Crippen molar-refractivity contribution in [2.45, 2.75) is 0 Å². The molecule has 0 radical (unpaired) electrons. The van der Waals surface area contributed by atoms with Crippen molar-refractivity contribution in [3.63, 3.8) is 0 Å². The van der Waals surface area contributed by atoms with Gasteiger partial charge in [-0.1, -0.05) is 6.07 Å². The van der Waals surface area contributed by atoms with E-state index in [-0.39, 0.29) is 0 Å². The summed E-state index contributed by atoms with van der Waals surface area (Å²) in [4.78, 5) is 0. The third-order valence-corrected chi connectivity index (χ3v) is 2.36. The minimum atomic E-state index is 0.843. The molecular formula is C8H7NS. The van der Waals surface area contributed by atoms with E-state index in [4.69, 9.17) is 5.73 Å². The number of hydrogen-bond donors (Lipinski definition) is 1. The molecule has 2 heteroatoms. The first-order chi connectivity index (χ1) is 4.86. The lowest BCUT2D eigenvalue weighted by atomic mass is 10.2. The molecule has 50 valence electrons. The van der Waals surface area contributed by atoms with Gasteiger partial charge >= 0.3 is 0 Å². The number of nitrogens with two attached hydrogens (primary N) is 1. The van der Waals surface area contributed by atoms with Crippen LogP contribution < -0.4 is 5.73 Å². The molecule has 0 atom stereocenters. The zero-order valence-corrected chi connectivity index (χ0v) is 6.19. The Morgan fingerprint density at radius 1 is 1.20 bits per heavy atom. The summed E-state index contributed by atoms with van der Waals surface area (Å²) in [6.07, 6.45) is 0. The largest absolute Gasteiger partial charge is 0.399 e. The quantitative estimate of drug-likeness (QED) is 0.572. The number of rotatable bonds is 0. The normalized spacial score (nSPS) is 10.4. The van der Waals surface area contributed by atoms with Crippen molar-refractivity contribution in [1.29, 1.82) is 0 Å². The third-order valence-electron chi connectivity index (χ3n) is 1.48. The molecule has 1 aromatic heterocycles. The lowest BCUT2D eigenvalue weighted by Crippen LogP contribution is -1.80. The molecule has 0 spiro atoms. The molecule has 0 unspecified atom stereocenters. The Morgan fingerprint density at radius 2 is 2.10 bits per heavy atom. The van der Waals surface area contributed by atoms with E-state index >= 15 is 0 Å². The first-order valence-corrected chi connectivity index (χ1v) is 3.97. The van der Waals surface area contributed by atoms with E-state index in [0.29, 0.717) is 0 Å². The minimum Gasteiger partial charge on any atom is -0.399 e. The molecule has 0 aliphatic carbocycles. The Labute approximate surface area is 63.1 Å². The zero-order valence-electron chi connectivity index (χ0n) is 5.37.